The fourth-order valence-corrected chi connectivity index (χ4v) is 2.34. The first-order valence-corrected chi connectivity index (χ1v) is 4.71. The van der Waals surface area contributed by atoms with E-state index in [4.69, 9.17) is 10.4 Å². The normalized spacial score (nSPS) is 37.7. The van der Waals surface area contributed by atoms with E-state index in [1.54, 1.807) is 0 Å². The Bertz CT molecular complexity index is 185. The maximum Gasteiger partial charge on any atom is 0.0655 e. The van der Waals surface area contributed by atoms with Crippen molar-refractivity contribution in [3.8, 4) is 6.07 Å². The van der Waals surface area contributed by atoms with Crippen LogP contribution in [0, 0.1) is 35.0 Å². The molecule has 0 aromatic rings. The van der Waals surface area contributed by atoms with Gasteiger partial charge in [0.2, 0.25) is 0 Å². The molecule has 1 N–H and O–H groups in total. The van der Waals surface area contributed by atoms with Gasteiger partial charge in [-0.2, -0.15) is 5.26 Å². The Morgan fingerprint density at radius 1 is 1.58 bits per heavy atom. The summed E-state index contributed by atoms with van der Waals surface area (Å²) in [6.07, 6.45) is 2.28. The van der Waals surface area contributed by atoms with Gasteiger partial charge in [-0.1, -0.05) is 13.3 Å². The molecule has 1 saturated carbocycles. The largest absolute Gasteiger partial charge is 0.396 e. The summed E-state index contributed by atoms with van der Waals surface area (Å²) >= 11 is 0. The molecule has 1 aliphatic rings. The van der Waals surface area contributed by atoms with Crippen LogP contribution >= 0.6 is 0 Å². The number of aliphatic hydroxyl groups excluding tert-OH is 1. The van der Waals surface area contributed by atoms with Gasteiger partial charge in [0.25, 0.3) is 0 Å². The highest BCUT2D eigenvalue weighted by molar-refractivity contribution is 4.93. The molecule has 0 saturated heterocycles. The minimum atomic E-state index is 0.104. The molecule has 2 heteroatoms. The van der Waals surface area contributed by atoms with Crippen LogP contribution in [0.2, 0.25) is 0 Å². The molecular weight excluding hydrogens is 150 g/mol. The number of nitriles is 1. The van der Waals surface area contributed by atoms with Gasteiger partial charge in [-0.05, 0) is 31.1 Å². The predicted octanol–water partition coefficient (Wildman–Crippen LogP) is 1.80. The van der Waals surface area contributed by atoms with Crippen LogP contribution in [0.3, 0.4) is 0 Å². The molecule has 0 spiro atoms. The summed E-state index contributed by atoms with van der Waals surface area (Å²) in [5, 5.41) is 17.9. The molecule has 0 amide bonds. The van der Waals surface area contributed by atoms with Gasteiger partial charge in [0.15, 0.2) is 0 Å². The van der Waals surface area contributed by atoms with Crippen LogP contribution in [0.1, 0.15) is 26.7 Å². The van der Waals surface area contributed by atoms with E-state index in [2.05, 4.69) is 13.0 Å². The zero-order valence-electron chi connectivity index (χ0n) is 7.83. The topological polar surface area (TPSA) is 44.0 Å². The molecule has 68 valence electrons. The average Bonchev–Trinajstić information content (AvgIpc) is 2.45. The highest BCUT2D eigenvalue weighted by atomic mass is 16.3. The Kier molecular flexibility index (Phi) is 3.11. The minimum Gasteiger partial charge on any atom is -0.396 e. The molecule has 0 aromatic heterocycles. The fraction of sp³-hybridized carbons (Fsp3) is 0.900. The first kappa shape index (κ1) is 9.54. The van der Waals surface area contributed by atoms with Crippen molar-refractivity contribution in [3.63, 3.8) is 0 Å². The third kappa shape index (κ3) is 1.61. The van der Waals surface area contributed by atoms with Crippen molar-refractivity contribution in [2.45, 2.75) is 26.7 Å². The van der Waals surface area contributed by atoms with Gasteiger partial charge < -0.3 is 5.11 Å². The maximum absolute atomic E-state index is 9.14. The first-order valence-electron chi connectivity index (χ1n) is 4.71. The van der Waals surface area contributed by atoms with Crippen LogP contribution in [-0.2, 0) is 0 Å². The molecule has 0 heterocycles. The van der Waals surface area contributed by atoms with E-state index in [1.807, 2.05) is 6.92 Å². The zero-order chi connectivity index (χ0) is 9.14. The number of hydrogen-bond donors (Lipinski definition) is 1. The molecule has 0 aliphatic heterocycles. The van der Waals surface area contributed by atoms with E-state index in [9.17, 15) is 0 Å². The number of aliphatic hydroxyl groups is 1. The molecular formula is C10H17NO. The lowest BCUT2D eigenvalue weighted by atomic mass is 9.83. The molecule has 2 nitrogen and oxygen atoms in total. The van der Waals surface area contributed by atoms with Crippen LogP contribution in [0.25, 0.3) is 0 Å². The molecule has 4 atom stereocenters. The summed E-state index contributed by atoms with van der Waals surface area (Å²) in [6.45, 7) is 4.38. The molecule has 1 fully saturated rings. The lowest BCUT2D eigenvalue weighted by molar-refractivity contribution is 0.152. The maximum atomic E-state index is 9.14. The minimum absolute atomic E-state index is 0.104. The second kappa shape index (κ2) is 3.91. The average molecular weight is 167 g/mol. The monoisotopic (exact) mass is 167 g/mol. The van der Waals surface area contributed by atoms with Crippen LogP contribution < -0.4 is 0 Å². The van der Waals surface area contributed by atoms with Crippen LogP contribution in [0.4, 0.5) is 0 Å². The van der Waals surface area contributed by atoms with E-state index in [0.29, 0.717) is 17.8 Å². The van der Waals surface area contributed by atoms with Gasteiger partial charge in [-0.3, -0.25) is 0 Å². The fourth-order valence-electron chi connectivity index (χ4n) is 2.34. The molecule has 4 unspecified atom stereocenters. The van der Waals surface area contributed by atoms with Crippen LogP contribution in [0.5, 0.6) is 0 Å². The van der Waals surface area contributed by atoms with Gasteiger partial charge in [0.1, 0.15) is 0 Å². The second-order valence-electron chi connectivity index (χ2n) is 3.98. The summed E-state index contributed by atoms with van der Waals surface area (Å²) in [5.41, 5.74) is 0. The van der Waals surface area contributed by atoms with Gasteiger partial charge in [0, 0.05) is 12.5 Å². The highest BCUT2D eigenvalue weighted by Crippen LogP contribution is 2.40. The summed E-state index contributed by atoms with van der Waals surface area (Å²) in [6, 6.07) is 2.28. The number of rotatable bonds is 2. The summed E-state index contributed by atoms with van der Waals surface area (Å²) < 4.78 is 0. The van der Waals surface area contributed by atoms with Crippen molar-refractivity contribution < 1.29 is 5.11 Å². The summed E-state index contributed by atoms with van der Waals surface area (Å²) in [7, 11) is 0. The van der Waals surface area contributed by atoms with E-state index in [1.165, 1.54) is 6.42 Å². The van der Waals surface area contributed by atoms with Crippen molar-refractivity contribution in [2.24, 2.45) is 23.7 Å². The molecule has 1 aliphatic carbocycles. The Morgan fingerprint density at radius 2 is 2.25 bits per heavy atom. The van der Waals surface area contributed by atoms with Gasteiger partial charge >= 0.3 is 0 Å². The van der Waals surface area contributed by atoms with Gasteiger partial charge in [-0.15, -0.1) is 0 Å². The summed E-state index contributed by atoms with van der Waals surface area (Å²) in [4.78, 5) is 0. The Morgan fingerprint density at radius 3 is 2.75 bits per heavy atom. The predicted molar refractivity (Wildman–Crippen MR) is 47.2 cm³/mol. The van der Waals surface area contributed by atoms with Gasteiger partial charge in [0.05, 0.1) is 6.07 Å². The molecule has 0 bridgehead atoms. The standard InChI is InChI=1S/C10H17NO/c1-7-3-4-9(8(2)5-11)10(7)6-12/h7-10,12H,3-4,6H2,1-2H3. The van der Waals surface area contributed by atoms with E-state index >= 15 is 0 Å². The van der Waals surface area contributed by atoms with Gasteiger partial charge in [-0.25, -0.2) is 0 Å². The molecule has 1 rings (SSSR count). The van der Waals surface area contributed by atoms with E-state index in [0.717, 1.165) is 6.42 Å². The molecule has 0 aromatic carbocycles. The van der Waals surface area contributed by atoms with Crippen LogP contribution in [0.15, 0.2) is 0 Å². The zero-order valence-corrected chi connectivity index (χ0v) is 7.83. The van der Waals surface area contributed by atoms with Crippen molar-refractivity contribution in [1.82, 2.24) is 0 Å². The number of hydrogen-bond acceptors (Lipinski definition) is 2. The highest BCUT2D eigenvalue weighted by Gasteiger charge is 2.35. The van der Waals surface area contributed by atoms with E-state index in [-0.39, 0.29) is 12.5 Å². The molecule has 12 heavy (non-hydrogen) atoms. The Balaban J connectivity index is 2.61. The van der Waals surface area contributed by atoms with E-state index < -0.39 is 0 Å². The molecule has 0 radical (unpaired) electrons. The summed E-state index contributed by atoms with van der Waals surface area (Å²) in [5.74, 6) is 1.48. The lowest BCUT2D eigenvalue weighted by Crippen LogP contribution is -2.22. The second-order valence-corrected chi connectivity index (χ2v) is 3.98. The van der Waals surface area contributed by atoms with Crippen LogP contribution in [-0.4, -0.2) is 11.7 Å². The third-order valence-electron chi connectivity index (χ3n) is 3.29. The smallest absolute Gasteiger partial charge is 0.0655 e. The quantitative estimate of drug-likeness (QED) is 0.681. The first-order chi connectivity index (χ1) is 5.70. The van der Waals surface area contributed by atoms with Crippen molar-refractivity contribution in [3.05, 3.63) is 0 Å². The lowest BCUT2D eigenvalue weighted by Gasteiger charge is -2.21. The van der Waals surface area contributed by atoms with Crippen molar-refractivity contribution in [1.29, 1.82) is 5.26 Å². The van der Waals surface area contributed by atoms with Crippen molar-refractivity contribution >= 4 is 0 Å². The Hall–Kier alpha value is -0.550. The Labute approximate surface area is 74.2 Å². The number of nitrogens with zero attached hydrogens (tertiary/aromatic N) is 1. The third-order valence-corrected chi connectivity index (χ3v) is 3.29. The SMILES string of the molecule is CC(C#N)C1CCC(C)C1CO. The van der Waals surface area contributed by atoms with Crippen molar-refractivity contribution in [2.75, 3.05) is 6.61 Å².